The lowest BCUT2D eigenvalue weighted by molar-refractivity contribution is -0.0183. The van der Waals surface area contributed by atoms with E-state index in [1.807, 2.05) is 43.1 Å². The van der Waals surface area contributed by atoms with Crippen molar-refractivity contribution in [2.24, 2.45) is 7.05 Å². The van der Waals surface area contributed by atoms with Crippen molar-refractivity contribution in [3.63, 3.8) is 0 Å². The highest BCUT2D eigenvalue weighted by Crippen LogP contribution is 2.21. The van der Waals surface area contributed by atoms with Crippen LogP contribution in [0.4, 0.5) is 0 Å². The van der Waals surface area contributed by atoms with Crippen molar-refractivity contribution in [1.82, 2.24) is 14.7 Å². The number of piperidine rings is 1. The molecule has 1 aromatic heterocycles. The Morgan fingerprint density at radius 3 is 2.75 bits per heavy atom. The van der Waals surface area contributed by atoms with E-state index >= 15 is 0 Å². The van der Waals surface area contributed by atoms with E-state index in [0.29, 0.717) is 38.6 Å². The summed E-state index contributed by atoms with van der Waals surface area (Å²) in [4.78, 5) is 14.7. The molecule has 2 heterocycles. The van der Waals surface area contributed by atoms with E-state index < -0.39 is 0 Å². The molecule has 2 aromatic rings. The Kier molecular flexibility index (Phi) is 5.48. The van der Waals surface area contributed by atoms with Crippen molar-refractivity contribution < 1.29 is 14.3 Å². The van der Waals surface area contributed by atoms with Gasteiger partial charge in [0, 0.05) is 32.1 Å². The van der Waals surface area contributed by atoms with Crippen molar-refractivity contribution in [2.45, 2.75) is 25.9 Å². The van der Waals surface area contributed by atoms with Gasteiger partial charge in [-0.3, -0.25) is 9.48 Å². The molecule has 1 amide bonds. The predicted octanol–water partition coefficient (Wildman–Crippen LogP) is 2.23. The van der Waals surface area contributed by atoms with Gasteiger partial charge in [0.25, 0.3) is 5.91 Å². The highest BCUT2D eigenvalue weighted by molar-refractivity contribution is 6.04. The SMILES string of the molecule is CCOCCOC1CCN(C(=O)c2nn(C)c3ccccc23)CC1. The Morgan fingerprint density at radius 1 is 1.25 bits per heavy atom. The van der Waals surface area contributed by atoms with Gasteiger partial charge in [0.15, 0.2) is 5.69 Å². The van der Waals surface area contributed by atoms with Gasteiger partial charge in [0.1, 0.15) is 0 Å². The first-order valence-corrected chi connectivity index (χ1v) is 8.61. The molecule has 0 saturated carbocycles. The van der Waals surface area contributed by atoms with E-state index in [4.69, 9.17) is 9.47 Å². The van der Waals surface area contributed by atoms with Crippen LogP contribution in [-0.4, -0.2) is 59.6 Å². The standard InChI is InChI=1S/C18H25N3O3/c1-3-23-12-13-24-14-8-10-21(11-9-14)18(22)17-15-6-4-5-7-16(15)20(2)19-17/h4-7,14H,3,8-13H2,1-2H3. The fraction of sp³-hybridized carbons (Fsp3) is 0.556. The number of nitrogens with zero attached hydrogens (tertiary/aromatic N) is 3. The topological polar surface area (TPSA) is 56.6 Å². The number of benzene rings is 1. The van der Waals surface area contributed by atoms with Gasteiger partial charge in [-0.2, -0.15) is 5.10 Å². The minimum atomic E-state index is 0.0135. The quantitative estimate of drug-likeness (QED) is 0.762. The fourth-order valence-electron chi connectivity index (χ4n) is 3.17. The number of amides is 1. The third kappa shape index (κ3) is 3.60. The summed E-state index contributed by atoms with van der Waals surface area (Å²) in [6.07, 6.45) is 1.95. The van der Waals surface area contributed by atoms with Crippen molar-refractivity contribution in [1.29, 1.82) is 0 Å². The second-order valence-electron chi connectivity index (χ2n) is 6.05. The molecule has 0 unspecified atom stereocenters. The molecule has 0 spiro atoms. The number of rotatable bonds is 6. The molecule has 130 valence electrons. The fourth-order valence-corrected chi connectivity index (χ4v) is 3.17. The smallest absolute Gasteiger partial charge is 0.275 e. The zero-order chi connectivity index (χ0) is 16.9. The van der Waals surface area contributed by atoms with Gasteiger partial charge in [-0.05, 0) is 25.8 Å². The molecule has 1 aromatic carbocycles. The lowest BCUT2D eigenvalue weighted by Gasteiger charge is -2.31. The van der Waals surface area contributed by atoms with E-state index in [2.05, 4.69) is 5.10 Å². The first-order valence-electron chi connectivity index (χ1n) is 8.61. The number of para-hydroxylation sites is 1. The van der Waals surface area contributed by atoms with E-state index in [1.165, 1.54) is 0 Å². The lowest BCUT2D eigenvalue weighted by Crippen LogP contribution is -2.41. The minimum absolute atomic E-state index is 0.0135. The zero-order valence-corrected chi connectivity index (χ0v) is 14.4. The number of hydrogen-bond donors (Lipinski definition) is 0. The number of hydrogen-bond acceptors (Lipinski definition) is 4. The van der Waals surface area contributed by atoms with Crippen LogP contribution in [0.2, 0.25) is 0 Å². The van der Waals surface area contributed by atoms with Crippen LogP contribution in [0.3, 0.4) is 0 Å². The third-order valence-corrected chi connectivity index (χ3v) is 4.47. The molecule has 0 bridgehead atoms. The van der Waals surface area contributed by atoms with Gasteiger partial charge in [-0.15, -0.1) is 0 Å². The van der Waals surface area contributed by atoms with Crippen LogP contribution >= 0.6 is 0 Å². The molecule has 1 fully saturated rings. The van der Waals surface area contributed by atoms with Crippen molar-refractivity contribution in [2.75, 3.05) is 32.9 Å². The summed E-state index contributed by atoms with van der Waals surface area (Å²) in [6, 6.07) is 7.85. The summed E-state index contributed by atoms with van der Waals surface area (Å²) < 4.78 is 12.9. The van der Waals surface area contributed by atoms with Crippen LogP contribution in [0.1, 0.15) is 30.3 Å². The van der Waals surface area contributed by atoms with Crippen LogP contribution < -0.4 is 0 Å². The Morgan fingerprint density at radius 2 is 2.00 bits per heavy atom. The molecule has 1 aliphatic rings. The van der Waals surface area contributed by atoms with Crippen LogP contribution in [0.15, 0.2) is 24.3 Å². The van der Waals surface area contributed by atoms with Gasteiger partial charge in [-0.25, -0.2) is 0 Å². The number of carbonyl (C=O) groups is 1. The summed E-state index contributed by atoms with van der Waals surface area (Å²) in [7, 11) is 1.87. The minimum Gasteiger partial charge on any atom is -0.379 e. The molecule has 1 aliphatic heterocycles. The van der Waals surface area contributed by atoms with Crippen LogP contribution in [-0.2, 0) is 16.5 Å². The third-order valence-electron chi connectivity index (χ3n) is 4.47. The average molecular weight is 331 g/mol. The monoisotopic (exact) mass is 331 g/mol. The Hall–Kier alpha value is -1.92. The van der Waals surface area contributed by atoms with E-state index in [-0.39, 0.29) is 12.0 Å². The van der Waals surface area contributed by atoms with Gasteiger partial charge < -0.3 is 14.4 Å². The maximum atomic E-state index is 12.8. The largest absolute Gasteiger partial charge is 0.379 e. The highest BCUT2D eigenvalue weighted by atomic mass is 16.5. The lowest BCUT2D eigenvalue weighted by atomic mass is 10.1. The number of aryl methyl sites for hydroxylation is 1. The summed E-state index contributed by atoms with van der Waals surface area (Å²) in [5.74, 6) is 0.0135. The molecule has 0 atom stereocenters. The first-order chi connectivity index (χ1) is 11.7. The molecule has 6 nitrogen and oxygen atoms in total. The van der Waals surface area contributed by atoms with Crippen LogP contribution in [0, 0.1) is 0 Å². The molecule has 24 heavy (non-hydrogen) atoms. The molecule has 6 heteroatoms. The molecule has 3 rings (SSSR count). The van der Waals surface area contributed by atoms with Gasteiger partial charge in [0.05, 0.1) is 24.8 Å². The highest BCUT2D eigenvalue weighted by Gasteiger charge is 2.26. The van der Waals surface area contributed by atoms with E-state index in [1.54, 1.807) is 4.68 Å². The van der Waals surface area contributed by atoms with E-state index in [0.717, 1.165) is 23.7 Å². The normalized spacial score (nSPS) is 16.0. The van der Waals surface area contributed by atoms with Crippen molar-refractivity contribution >= 4 is 16.8 Å². The number of carbonyl (C=O) groups excluding carboxylic acids is 1. The van der Waals surface area contributed by atoms with Crippen molar-refractivity contribution in [3.05, 3.63) is 30.0 Å². The maximum Gasteiger partial charge on any atom is 0.275 e. The van der Waals surface area contributed by atoms with E-state index in [9.17, 15) is 4.79 Å². The van der Waals surface area contributed by atoms with Gasteiger partial charge in [0.2, 0.25) is 0 Å². The number of fused-ring (bicyclic) bond motifs is 1. The van der Waals surface area contributed by atoms with Crippen LogP contribution in [0.5, 0.6) is 0 Å². The summed E-state index contributed by atoms with van der Waals surface area (Å²) in [5, 5.41) is 5.35. The molecule has 1 saturated heterocycles. The maximum absolute atomic E-state index is 12.8. The number of likely N-dealkylation sites (tertiary alicyclic amines) is 1. The zero-order valence-electron chi connectivity index (χ0n) is 14.4. The second kappa shape index (κ2) is 7.77. The van der Waals surface area contributed by atoms with Crippen molar-refractivity contribution in [3.8, 4) is 0 Å². The summed E-state index contributed by atoms with van der Waals surface area (Å²) in [5.41, 5.74) is 1.53. The predicted molar refractivity (Wildman–Crippen MR) is 92.1 cm³/mol. The summed E-state index contributed by atoms with van der Waals surface area (Å²) >= 11 is 0. The Labute approximate surface area is 142 Å². The second-order valence-corrected chi connectivity index (χ2v) is 6.05. The molecule has 0 aliphatic carbocycles. The molecule has 0 N–H and O–H groups in total. The number of aromatic nitrogens is 2. The van der Waals surface area contributed by atoms with Gasteiger partial charge in [-0.1, -0.05) is 18.2 Å². The summed E-state index contributed by atoms with van der Waals surface area (Å²) in [6.45, 7) is 5.37. The van der Waals surface area contributed by atoms with Crippen LogP contribution in [0.25, 0.3) is 10.9 Å². The first kappa shape index (κ1) is 16.9. The molecular formula is C18H25N3O3. The Bertz CT molecular complexity index is 690. The molecular weight excluding hydrogens is 306 g/mol. The molecule has 0 radical (unpaired) electrons. The van der Waals surface area contributed by atoms with Gasteiger partial charge >= 0.3 is 0 Å². The number of ether oxygens (including phenoxy) is 2. The Balaban J connectivity index is 1.59. The average Bonchev–Trinajstić information content (AvgIpc) is 2.96.